The van der Waals surface area contributed by atoms with Crippen molar-refractivity contribution in [3.8, 4) is 23.3 Å². The van der Waals surface area contributed by atoms with E-state index >= 15 is 0 Å². The smallest absolute Gasteiger partial charge is 0.229 e. The van der Waals surface area contributed by atoms with Crippen LogP contribution in [0, 0.1) is 11.3 Å². The average Bonchev–Trinajstić information content (AvgIpc) is 2.79. The summed E-state index contributed by atoms with van der Waals surface area (Å²) in [6, 6.07) is 15.0. The van der Waals surface area contributed by atoms with Crippen LogP contribution in [-0.4, -0.2) is 42.7 Å². The zero-order chi connectivity index (χ0) is 21.3. The van der Waals surface area contributed by atoms with E-state index in [4.69, 9.17) is 9.47 Å². The van der Waals surface area contributed by atoms with E-state index in [0.717, 1.165) is 17.0 Å². The van der Waals surface area contributed by atoms with Gasteiger partial charge in [-0.25, -0.2) is 0 Å². The fraction of sp³-hybridized carbons (Fsp3) is 0.273. The van der Waals surface area contributed by atoms with Crippen LogP contribution in [-0.2, 0) is 4.79 Å². The number of fused-ring (bicyclic) bond motifs is 1. The molecule has 2 heterocycles. The van der Waals surface area contributed by atoms with Gasteiger partial charge >= 0.3 is 0 Å². The van der Waals surface area contributed by atoms with Crippen molar-refractivity contribution in [1.29, 1.82) is 5.26 Å². The molecule has 1 saturated heterocycles. The van der Waals surface area contributed by atoms with Crippen molar-refractivity contribution < 1.29 is 19.4 Å². The molecule has 2 aromatic carbocycles. The molecule has 1 amide bonds. The van der Waals surface area contributed by atoms with Crippen molar-refractivity contribution in [3.05, 3.63) is 58.6 Å². The van der Waals surface area contributed by atoms with Gasteiger partial charge in [-0.05, 0) is 42.0 Å². The second-order valence-electron chi connectivity index (χ2n) is 6.99. The van der Waals surface area contributed by atoms with Gasteiger partial charge in [-0.3, -0.25) is 9.69 Å². The Labute approximate surface area is 179 Å². The van der Waals surface area contributed by atoms with Crippen molar-refractivity contribution >= 4 is 23.4 Å². The summed E-state index contributed by atoms with van der Waals surface area (Å²) in [6.45, 7) is 0.393. The molecule has 0 spiro atoms. The molecule has 30 heavy (non-hydrogen) atoms. The number of methoxy groups -OCH3 is 2. The molecule has 0 bridgehead atoms. The van der Waals surface area contributed by atoms with Crippen molar-refractivity contribution in [1.82, 2.24) is 4.90 Å². The summed E-state index contributed by atoms with van der Waals surface area (Å²) in [5, 5.41) is 20.5. The Hall–Kier alpha value is -3.31. The Balaban J connectivity index is 1.64. The lowest BCUT2D eigenvalue weighted by molar-refractivity contribution is -0.129. The van der Waals surface area contributed by atoms with Gasteiger partial charge < -0.3 is 19.5 Å². The van der Waals surface area contributed by atoms with E-state index in [1.165, 1.54) is 24.9 Å². The topological polar surface area (TPSA) is 86.0 Å². The molecule has 1 N–H and O–H groups in total. The third-order valence-corrected chi connectivity index (χ3v) is 6.49. The Morgan fingerprint density at radius 1 is 1.17 bits per heavy atom. The van der Waals surface area contributed by atoms with Crippen LogP contribution in [0.3, 0.4) is 0 Å². The van der Waals surface area contributed by atoms with Gasteiger partial charge in [0.05, 0.1) is 43.4 Å². The number of amides is 1. The lowest BCUT2D eigenvalue weighted by atomic mass is 9.86. The van der Waals surface area contributed by atoms with E-state index in [-0.39, 0.29) is 24.0 Å². The normalized spacial score (nSPS) is 18.7. The number of hydrogen-bond acceptors (Lipinski definition) is 7. The van der Waals surface area contributed by atoms with E-state index in [1.54, 1.807) is 24.1 Å². The van der Waals surface area contributed by atoms with Gasteiger partial charge in [0, 0.05) is 18.0 Å². The predicted octanol–water partition coefficient (Wildman–Crippen LogP) is 3.63. The molecule has 1 fully saturated rings. The van der Waals surface area contributed by atoms with E-state index < -0.39 is 0 Å². The minimum atomic E-state index is -0.358. The first-order valence-electron chi connectivity index (χ1n) is 9.39. The fourth-order valence-electron chi connectivity index (χ4n) is 3.71. The number of nitriles is 1. The lowest BCUT2D eigenvalue weighted by Gasteiger charge is -2.42. The third kappa shape index (κ3) is 3.53. The summed E-state index contributed by atoms with van der Waals surface area (Å²) in [5.74, 6) is 1.36. The number of thioether (sulfide) groups is 1. The zero-order valence-corrected chi connectivity index (χ0v) is 17.5. The number of aromatic hydroxyl groups is 1. The maximum Gasteiger partial charge on any atom is 0.229 e. The number of hydrogen-bond donors (Lipinski definition) is 1. The van der Waals surface area contributed by atoms with Crippen molar-refractivity contribution in [2.75, 3.05) is 31.7 Å². The Morgan fingerprint density at radius 3 is 2.60 bits per heavy atom. The maximum absolute atomic E-state index is 13.0. The van der Waals surface area contributed by atoms with E-state index in [2.05, 4.69) is 11.0 Å². The molecule has 154 valence electrons. The van der Waals surface area contributed by atoms with Gasteiger partial charge in [-0.1, -0.05) is 17.8 Å². The number of phenolic OH excluding ortho intramolecular Hbond substituents is 1. The molecule has 4 rings (SSSR count). The number of ether oxygens (including phenoxy) is 2. The molecule has 2 aliphatic rings. The summed E-state index contributed by atoms with van der Waals surface area (Å²) in [5.41, 5.74) is 2.33. The molecule has 0 radical (unpaired) electrons. The van der Waals surface area contributed by atoms with Crippen LogP contribution in [0.4, 0.5) is 5.69 Å². The highest BCUT2D eigenvalue weighted by Gasteiger charge is 2.38. The SMILES string of the molecule is COc1ccc(N2CSC3=C(C#N)[C@H](c4ccc(O)c(OC)c4)CC(=O)N3C2)cc1. The fourth-order valence-corrected chi connectivity index (χ4v) is 4.88. The van der Waals surface area contributed by atoms with Crippen LogP contribution in [0.5, 0.6) is 17.2 Å². The van der Waals surface area contributed by atoms with Crippen molar-refractivity contribution in [2.24, 2.45) is 0 Å². The van der Waals surface area contributed by atoms with Gasteiger partial charge in [-0.15, -0.1) is 0 Å². The molecule has 8 heteroatoms. The third-order valence-electron chi connectivity index (χ3n) is 5.34. The second kappa shape index (κ2) is 8.20. The first-order valence-corrected chi connectivity index (χ1v) is 10.4. The number of anilines is 1. The number of nitrogens with zero attached hydrogens (tertiary/aromatic N) is 3. The van der Waals surface area contributed by atoms with Gasteiger partial charge in [-0.2, -0.15) is 5.26 Å². The van der Waals surface area contributed by atoms with Gasteiger partial charge in [0.15, 0.2) is 11.5 Å². The first-order chi connectivity index (χ1) is 14.5. The largest absolute Gasteiger partial charge is 0.504 e. The van der Waals surface area contributed by atoms with E-state index in [9.17, 15) is 15.2 Å². The molecular weight excluding hydrogens is 402 g/mol. The summed E-state index contributed by atoms with van der Waals surface area (Å²) in [7, 11) is 3.10. The Kier molecular flexibility index (Phi) is 5.46. The van der Waals surface area contributed by atoms with Gasteiger partial charge in [0.25, 0.3) is 0 Å². The standard InChI is InChI=1S/C22H21N3O4S/c1-28-16-6-4-15(5-7-16)24-12-25-21(27)10-17(18(11-23)22(25)30-13-24)14-3-8-19(26)20(9-14)29-2/h3-9,17,26H,10,12-13H2,1-2H3/t17-/m0/s1. The Bertz CT molecular complexity index is 1050. The molecule has 0 saturated carbocycles. The zero-order valence-electron chi connectivity index (χ0n) is 16.7. The van der Waals surface area contributed by atoms with Crippen molar-refractivity contribution in [2.45, 2.75) is 12.3 Å². The van der Waals surface area contributed by atoms with Gasteiger partial charge in [0.1, 0.15) is 5.75 Å². The molecule has 0 aromatic heterocycles. The van der Waals surface area contributed by atoms with Crippen LogP contribution < -0.4 is 14.4 Å². The number of phenols is 1. The minimum absolute atomic E-state index is 0.0262. The average molecular weight is 423 g/mol. The molecule has 0 unspecified atom stereocenters. The molecular formula is C22H21N3O4S. The Morgan fingerprint density at radius 2 is 1.93 bits per heavy atom. The quantitative estimate of drug-likeness (QED) is 0.804. The van der Waals surface area contributed by atoms with Crippen LogP contribution in [0.2, 0.25) is 0 Å². The van der Waals surface area contributed by atoms with E-state index in [1.807, 2.05) is 24.3 Å². The van der Waals surface area contributed by atoms with Crippen LogP contribution in [0.1, 0.15) is 17.9 Å². The van der Waals surface area contributed by atoms with Crippen LogP contribution in [0.25, 0.3) is 0 Å². The summed E-state index contributed by atoms with van der Waals surface area (Å²) < 4.78 is 10.4. The number of rotatable bonds is 4. The van der Waals surface area contributed by atoms with Crippen LogP contribution in [0.15, 0.2) is 53.1 Å². The molecule has 0 aliphatic carbocycles. The lowest BCUT2D eigenvalue weighted by Crippen LogP contribution is -2.47. The second-order valence-corrected chi connectivity index (χ2v) is 7.93. The highest BCUT2D eigenvalue weighted by Crippen LogP contribution is 2.44. The molecule has 2 aliphatic heterocycles. The first kappa shape index (κ1) is 20.0. The van der Waals surface area contributed by atoms with Crippen molar-refractivity contribution in [3.63, 3.8) is 0 Å². The van der Waals surface area contributed by atoms with Crippen LogP contribution >= 0.6 is 11.8 Å². The number of carbonyl (C=O) groups is 1. The molecule has 2 aromatic rings. The number of benzene rings is 2. The number of carbonyl (C=O) groups excluding carboxylic acids is 1. The minimum Gasteiger partial charge on any atom is -0.504 e. The maximum atomic E-state index is 13.0. The van der Waals surface area contributed by atoms with Gasteiger partial charge in [0.2, 0.25) is 5.91 Å². The molecule has 1 atom stereocenters. The predicted molar refractivity (Wildman–Crippen MR) is 114 cm³/mol. The summed E-state index contributed by atoms with van der Waals surface area (Å²) in [4.78, 5) is 16.8. The summed E-state index contributed by atoms with van der Waals surface area (Å²) >= 11 is 1.48. The molecule has 7 nitrogen and oxygen atoms in total. The number of allylic oxidation sites excluding steroid dienone is 1. The van der Waals surface area contributed by atoms with E-state index in [0.29, 0.717) is 28.9 Å². The summed E-state index contributed by atoms with van der Waals surface area (Å²) in [6.07, 6.45) is 0.192. The monoisotopic (exact) mass is 423 g/mol. The highest BCUT2D eigenvalue weighted by atomic mass is 32.2. The highest BCUT2D eigenvalue weighted by molar-refractivity contribution is 8.03.